The summed E-state index contributed by atoms with van der Waals surface area (Å²) < 4.78 is 4.88. The Balaban J connectivity index is 2.95. The van der Waals surface area contributed by atoms with E-state index in [9.17, 15) is 9.90 Å². The molecule has 1 aromatic rings. The molecule has 0 amide bonds. The zero-order chi connectivity index (χ0) is 10.6. The maximum atomic E-state index is 10.7. The number of phenolic OH excluding ortho intramolecular Hbond substituents is 1. The van der Waals surface area contributed by atoms with Gasteiger partial charge in [0.05, 0.1) is 7.11 Å². The van der Waals surface area contributed by atoms with Crippen LogP contribution in [0.4, 0.5) is 0 Å². The fourth-order valence-corrected chi connectivity index (χ4v) is 1.14. The molecule has 14 heavy (non-hydrogen) atoms. The first-order valence-electron chi connectivity index (χ1n) is 3.88. The maximum absolute atomic E-state index is 10.7. The van der Waals surface area contributed by atoms with Crippen LogP contribution in [0.5, 0.6) is 11.5 Å². The van der Waals surface area contributed by atoms with Crippen LogP contribution in [0.1, 0.15) is 5.56 Å². The van der Waals surface area contributed by atoms with Gasteiger partial charge in [-0.25, -0.2) is 0 Å². The Kier molecular flexibility index (Phi) is 3.94. The van der Waals surface area contributed by atoms with E-state index < -0.39 is 0 Å². The van der Waals surface area contributed by atoms with Crippen molar-refractivity contribution >= 4 is 32.5 Å². The van der Waals surface area contributed by atoms with E-state index in [0.29, 0.717) is 5.75 Å². The molecule has 74 valence electrons. The highest BCUT2D eigenvalue weighted by Crippen LogP contribution is 2.26. The summed E-state index contributed by atoms with van der Waals surface area (Å²) in [6, 6.07) is 4.88. The largest absolute Gasteiger partial charge is 0.504 e. The van der Waals surface area contributed by atoms with Crippen LogP contribution in [0.3, 0.4) is 0 Å². The van der Waals surface area contributed by atoms with Gasteiger partial charge in [-0.2, -0.15) is 0 Å². The predicted molar refractivity (Wildman–Crippen MR) is 62.7 cm³/mol. The number of hydrogen-bond acceptors (Lipinski definition) is 3. The van der Waals surface area contributed by atoms with Crippen molar-refractivity contribution in [3.05, 3.63) is 29.8 Å². The van der Waals surface area contributed by atoms with Crippen LogP contribution >= 0.6 is 22.6 Å². The zero-order valence-corrected chi connectivity index (χ0v) is 9.69. The number of ether oxygens (including phenoxy) is 1. The van der Waals surface area contributed by atoms with Crippen molar-refractivity contribution in [2.75, 3.05) is 7.11 Å². The smallest absolute Gasteiger partial charge is 0.215 e. The molecule has 0 aliphatic rings. The summed E-state index contributed by atoms with van der Waals surface area (Å²) in [6.45, 7) is 0. The minimum atomic E-state index is -0.0466. The number of carbonyl (C=O) groups excluding carboxylic acids is 1. The quantitative estimate of drug-likeness (QED) is 0.530. The predicted octanol–water partition coefficient (Wildman–Crippen LogP) is 2.38. The van der Waals surface area contributed by atoms with Gasteiger partial charge in [0.15, 0.2) is 11.5 Å². The molecule has 0 spiro atoms. The number of allylic oxidation sites excluding steroid dienone is 1. The molecule has 0 aliphatic carbocycles. The van der Waals surface area contributed by atoms with Crippen molar-refractivity contribution in [2.24, 2.45) is 0 Å². The van der Waals surface area contributed by atoms with E-state index in [4.69, 9.17) is 4.74 Å². The first kappa shape index (κ1) is 11.0. The highest BCUT2D eigenvalue weighted by atomic mass is 127. The Morgan fingerprint density at radius 1 is 1.57 bits per heavy atom. The first-order chi connectivity index (χ1) is 6.63. The van der Waals surface area contributed by atoms with Crippen LogP contribution in [0.15, 0.2) is 24.3 Å². The first-order valence-corrected chi connectivity index (χ1v) is 4.96. The lowest BCUT2D eigenvalue weighted by molar-refractivity contribution is -0.105. The lowest BCUT2D eigenvalue weighted by atomic mass is 10.2. The summed E-state index contributed by atoms with van der Waals surface area (Å²) in [5.74, 6) is 0.485. The van der Waals surface area contributed by atoms with Gasteiger partial charge in [-0.3, -0.25) is 4.79 Å². The van der Waals surface area contributed by atoms with Gasteiger partial charge in [0.1, 0.15) is 0 Å². The molecule has 1 rings (SSSR count). The molecule has 0 atom stereocenters. The fourth-order valence-electron chi connectivity index (χ4n) is 0.960. The van der Waals surface area contributed by atoms with Crippen LogP contribution in [0, 0.1) is 0 Å². The second kappa shape index (κ2) is 4.99. The molecule has 0 radical (unpaired) electrons. The molecular formula is C10H9IO3. The summed E-state index contributed by atoms with van der Waals surface area (Å²) >= 11 is 1.69. The van der Waals surface area contributed by atoms with Crippen molar-refractivity contribution in [3.63, 3.8) is 0 Å². The normalized spacial score (nSPS) is 10.4. The summed E-state index contributed by atoms with van der Waals surface area (Å²) in [6.07, 6.45) is 3.11. The number of aromatic hydroxyl groups is 1. The van der Waals surface area contributed by atoms with Crippen LogP contribution < -0.4 is 4.74 Å². The van der Waals surface area contributed by atoms with Gasteiger partial charge in [0.25, 0.3) is 0 Å². The molecule has 0 heterocycles. The topological polar surface area (TPSA) is 46.5 Å². The van der Waals surface area contributed by atoms with Crippen LogP contribution in [0.2, 0.25) is 0 Å². The summed E-state index contributed by atoms with van der Waals surface area (Å²) in [4.78, 5) is 10.7. The van der Waals surface area contributed by atoms with Crippen LogP contribution in [0.25, 0.3) is 6.08 Å². The fraction of sp³-hybridized carbons (Fsp3) is 0.100. The molecule has 1 N–H and O–H groups in total. The Morgan fingerprint density at radius 3 is 2.86 bits per heavy atom. The number of rotatable bonds is 3. The summed E-state index contributed by atoms with van der Waals surface area (Å²) in [5, 5.41) is 9.29. The number of phenols is 1. The number of hydrogen-bond donors (Lipinski definition) is 1. The van der Waals surface area contributed by atoms with Gasteiger partial charge in [-0.05, 0) is 23.8 Å². The molecule has 0 bridgehead atoms. The average molecular weight is 304 g/mol. The standard InChI is InChI=1S/C10H9IO3/c1-14-9-6-7(2-4-8(9)12)3-5-10(11)13/h2-6,12H,1H3/b5-3+. The third-order valence-electron chi connectivity index (χ3n) is 1.61. The number of halogens is 1. The minimum Gasteiger partial charge on any atom is -0.504 e. The second-order valence-electron chi connectivity index (χ2n) is 2.57. The second-order valence-corrected chi connectivity index (χ2v) is 3.63. The highest BCUT2D eigenvalue weighted by Gasteiger charge is 2.00. The minimum absolute atomic E-state index is 0.0466. The molecule has 0 unspecified atom stereocenters. The van der Waals surface area contributed by atoms with Gasteiger partial charge in [0, 0.05) is 22.6 Å². The van der Waals surface area contributed by atoms with Gasteiger partial charge >= 0.3 is 0 Å². The van der Waals surface area contributed by atoms with Crippen molar-refractivity contribution in [1.29, 1.82) is 0 Å². The van der Waals surface area contributed by atoms with E-state index in [0.717, 1.165) is 5.56 Å². The number of benzene rings is 1. The van der Waals surface area contributed by atoms with Crippen molar-refractivity contribution in [3.8, 4) is 11.5 Å². The molecule has 3 nitrogen and oxygen atoms in total. The van der Waals surface area contributed by atoms with Gasteiger partial charge in [-0.1, -0.05) is 12.1 Å². The summed E-state index contributed by atoms with van der Waals surface area (Å²) in [7, 11) is 1.48. The SMILES string of the molecule is COc1cc(/C=C/C(=O)I)ccc1O. The molecule has 0 fully saturated rings. The molecule has 0 aliphatic heterocycles. The van der Waals surface area contributed by atoms with E-state index in [2.05, 4.69) is 0 Å². The van der Waals surface area contributed by atoms with E-state index in [1.54, 1.807) is 40.8 Å². The third kappa shape index (κ3) is 3.02. The van der Waals surface area contributed by atoms with Crippen molar-refractivity contribution in [1.82, 2.24) is 0 Å². The van der Waals surface area contributed by atoms with Gasteiger partial charge in [-0.15, -0.1) is 0 Å². The van der Waals surface area contributed by atoms with E-state index in [1.807, 2.05) is 0 Å². The van der Waals surface area contributed by atoms with Crippen LogP contribution in [-0.4, -0.2) is 16.0 Å². The van der Waals surface area contributed by atoms with Crippen molar-refractivity contribution < 1.29 is 14.6 Å². The number of methoxy groups -OCH3 is 1. The molecule has 0 saturated heterocycles. The van der Waals surface area contributed by atoms with E-state index in [-0.39, 0.29) is 9.54 Å². The van der Waals surface area contributed by atoms with Gasteiger partial charge in [0.2, 0.25) is 3.79 Å². The van der Waals surface area contributed by atoms with Gasteiger partial charge < -0.3 is 9.84 Å². The zero-order valence-electron chi connectivity index (χ0n) is 7.53. The van der Waals surface area contributed by atoms with Crippen LogP contribution in [-0.2, 0) is 4.79 Å². The Hall–Kier alpha value is -1.04. The Bertz CT molecular complexity index is 372. The molecule has 1 aromatic carbocycles. The molecule has 0 aromatic heterocycles. The molecule has 4 heteroatoms. The van der Waals surface area contributed by atoms with E-state index in [1.165, 1.54) is 19.3 Å². The van der Waals surface area contributed by atoms with Crippen molar-refractivity contribution in [2.45, 2.75) is 0 Å². The summed E-state index contributed by atoms with van der Waals surface area (Å²) in [5.41, 5.74) is 0.810. The molecule has 0 saturated carbocycles. The Labute approximate surface area is 95.5 Å². The monoisotopic (exact) mass is 304 g/mol. The maximum Gasteiger partial charge on any atom is 0.215 e. The van der Waals surface area contributed by atoms with E-state index >= 15 is 0 Å². The lowest BCUT2D eigenvalue weighted by Gasteiger charge is -2.03. The highest BCUT2D eigenvalue weighted by molar-refractivity contribution is 14.1. The average Bonchev–Trinajstić information content (AvgIpc) is 2.16. The lowest BCUT2D eigenvalue weighted by Crippen LogP contribution is -1.84. The Morgan fingerprint density at radius 2 is 2.29 bits per heavy atom. The number of carbonyl (C=O) groups is 1. The molecular weight excluding hydrogens is 295 g/mol. The third-order valence-corrected chi connectivity index (χ3v) is 1.97.